The van der Waals surface area contributed by atoms with Crippen LogP contribution >= 0.6 is 0 Å². The van der Waals surface area contributed by atoms with Gasteiger partial charge in [-0.3, -0.25) is 4.90 Å². The summed E-state index contributed by atoms with van der Waals surface area (Å²) in [7, 11) is 0. The fourth-order valence-corrected chi connectivity index (χ4v) is 2.37. The molecular formula is C16H22N2O. The van der Waals surface area contributed by atoms with E-state index in [1.54, 1.807) is 0 Å². The van der Waals surface area contributed by atoms with Crippen molar-refractivity contribution in [3.63, 3.8) is 0 Å². The SMILES string of the molecule is C=C(C)CN(CC)Cc1c(CN)oc2ccccc12. The predicted octanol–water partition coefficient (Wildman–Crippen LogP) is 3.29. The highest BCUT2D eigenvalue weighted by Crippen LogP contribution is 2.27. The number of nitrogens with zero attached hydrogens (tertiary/aromatic N) is 1. The van der Waals surface area contributed by atoms with Gasteiger partial charge in [0.25, 0.3) is 0 Å². The fraction of sp³-hybridized carbons (Fsp3) is 0.375. The first-order valence-corrected chi connectivity index (χ1v) is 6.71. The minimum Gasteiger partial charge on any atom is -0.459 e. The Bertz CT molecular complexity index is 571. The molecule has 2 rings (SSSR count). The molecule has 0 aliphatic rings. The standard InChI is InChI=1S/C16H22N2O/c1-4-18(10-12(2)3)11-14-13-7-5-6-8-15(13)19-16(14)9-17/h5-8H,2,4,9-11,17H2,1,3H3. The van der Waals surface area contributed by atoms with Gasteiger partial charge in [-0.05, 0) is 19.5 Å². The normalized spacial score (nSPS) is 11.4. The molecule has 2 N–H and O–H groups in total. The van der Waals surface area contributed by atoms with Crippen molar-refractivity contribution in [3.05, 3.63) is 47.7 Å². The van der Waals surface area contributed by atoms with E-state index >= 15 is 0 Å². The summed E-state index contributed by atoms with van der Waals surface area (Å²) in [5, 5.41) is 1.17. The molecule has 0 radical (unpaired) electrons. The smallest absolute Gasteiger partial charge is 0.134 e. The van der Waals surface area contributed by atoms with Crippen molar-refractivity contribution in [2.45, 2.75) is 26.9 Å². The highest BCUT2D eigenvalue weighted by molar-refractivity contribution is 5.82. The lowest BCUT2D eigenvalue weighted by Crippen LogP contribution is -2.25. The highest BCUT2D eigenvalue weighted by Gasteiger charge is 2.15. The molecule has 2 aromatic rings. The summed E-state index contributed by atoms with van der Waals surface area (Å²) < 4.78 is 5.82. The molecule has 1 aromatic heterocycles. The summed E-state index contributed by atoms with van der Waals surface area (Å²) in [6.45, 7) is 11.4. The van der Waals surface area contributed by atoms with Crippen molar-refractivity contribution >= 4 is 11.0 Å². The first kappa shape index (κ1) is 13.8. The van der Waals surface area contributed by atoms with Crippen LogP contribution in [0.4, 0.5) is 0 Å². The zero-order valence-electron chi connectivity index (χ0n) is 11.8. The predicted molar refractivity (Wildman–Crippen MR) is 79.9 cm³/mol. The largest absolute Gasteiger partial charge is 0.459 e. The number of hydrogen-bond donors (Lipinski definition) is 1. The molecule has 3 nitrogen and oxygen atoms in total. The maximum absolute atomic E-state index is 5.82. The number of fused-ring (bicyclic) bond motifs is 1. The number of hydrogen-bond acceptors (Lipinski definition) is 3. The molecule has 0 bridgehead atoms. The number of nitrogens with two attached hydrogens (primary N) is 1. The summed E-state index contributed by atoms with van der Waals surface area (Å²) in [5.41, 5.74) is 9.10. The van der Waals surface area contributed by atoms with Gasteiger partial charge >= 0.3 is 0 Å². The molecule has 0 spiro atoms. The number of rotatable bonds is 6. The summed E-state index contributed by atoms with van der Waals surface area (Å²) in [4.78, 5) is 2.35. The Balaban J connectivity index is 2.34. The van der Waals surface area contributed by atoms with Gasteiger partial charge in [0.05, 0.1) is 6.54 Å². The maximum Gasteiger partial charge on any atom is 0.134 e. The van der Waals surface area contributed by atoms with Crippen LogP contribution in [0.5, 0.6) is 0 Å². The van der Waals surface area contributed by atoms with E-state index in [2.05, 4.69) is 31.4 Å². The van der Waals surface area contributed by atoms with Crippen LogP contribution in [-0.4, -0.2) is 18.0 Å². The van der Waals surface area contributed by atoms with Crippen molar-refractivity contribution in [1.82, 2.24) is 4.90 Å². The Morgan fingerprint density at radius 1 is 1.37 bits per heavy atom. The third-order valence-electron chi connectivity index (χ3n) is 3.29. The Kier molecular flexibility index (Phi) is 4.40. The molecule has 0 saturated carbocycles. The molecule has 1 heterocycles. The molecule has 0 fully saturated rings. The third kappa shape index (κ3) is 3.06. The van der Waals surface area contributed by atoms with Gasteiger partial charge in [-0.25, -0.2) is 0 Å². The van der Waals surface area contributed by atoms with Crippen LogP contribution in [0.2, 0.25) is 0 Å². The van der Waals surface area contributed by atoms with Crippen LogP contribution in [-0.2, 0) is 13.1 Å². The number of benzene rings is 1. The van der Waals surface area contributed by atoms with Crippen LogP contribution in [0.3, 0.4) is 0 Å². The Hall–Kier alpha value is -1.58. The Morgan fingerprint density at radius 3 is 2.74 bits per heavy atom. The van der Waals surface area contributed by atoms with Crippen molar-refractivity contribution in [1.29, 1.82) is 0 Å². The van der Waals surface area contributed by atoms with Gasteiger partial charge in [-0.1, -0.05) is 37.3 Å². The Labute approximate surface area is 114 Å². The minimum absolute atomic E-state index is 0.439. The van der Waals surface area contributed by atoms with E-state index in [0.717, 1.165) is 31.0 Å². The molecule has 0 atom stereocenters. The number of likely N-dealkylation sites (N-methyl/N-ethyl adjacent to an activating group) is 1. The fourth-order valence-electron chi connectivity index (χ4n) is 2.37. The Morgan fingerprint density at radius 2 is 2.11 bits per heavy atom. The second-order valence-corrected chi connectivity index (χ2v) is 4.96. The zero-order valence-corrected chi connectivity index (χ0v) is 11.8. The average molecular weight is 258 g/mol. The van der Waals surface area contributed by atoms with Gasteiger partial charge in [0.2, 0.25) is 0 Å². The van der Waals surface area contributed by atoms with Crippen LogP contribution in [0, 0.1) is 0 Å². The highest BCUT2D eigenvalue weighted by atomic mass is 16.3. The summed E-state index contributed by atoms with van der Waals surface area (Å²) in [6.07, 6.45) is 0. The molecule has 0 aliphatic heterocycles. The van der Waals surface area contributed by atoms with E-state index in [-0.39, 0.29) is 0 Å². The van der Waals surface area contributed by atoms with Crippen LogP contribution in [0.25, 0.3) is 11.0 Å². The van der Waals surface area contributed by atoms with Crippen molar-refractivity contribution in [2.75, 3.05) is 13.1 Å². The number of para-hydroxylation sites is 1. The summed E-state index contributed by atoms with van der Waals surface area (Å²) in [6, 6.07) is 8.12. The second kappa shape index (κ2) is 6.04. The van der Waals surface area contributed by atoms with Gasteiger partial charge in [-0.2, -0.15) is 0 Å². The van der Waals surface area contributed by atoms with Gasteiger partial charge in [-0.15, -0.1) is 0 Å². The molecule has 3 heteroatoms. The molecule has 19 heavy (non-hydrogen) atoms. The van der Waals surface area contributed by atoms with Crippen molar-refractivity contribution in [2.24, 2.45) is 5.73 Å². The molecule has 0 amide bonds. The topological polar surface area (TPSA) is 42.4 Å². The molecule has 0 unspecified atom stereocenters. The van der Waals surface area contributed by atoms with Crippen LogP contribution in [0.1, 0.15) is 25.2 Å². The minimum atomic E-state index is 0.439. The molecule has 0 saturated heterocycles. The van der Waals surface area contributed by atoms with Crippen molar-refractivity contribution in [3.8, 4) is 0 Å². The monoisotopic (exact) mass is 258 g/mol. The van der Waals surface area contributed by atoms with E-state index < -0.39 is 0 Å². The summed E-state index contributed by atoms with van der Waals surface area (Å²) in [5.74, 6) is 0.890. The maximum atomic E-state index is 5.82. The lowest BCUT2D eigenvalue weighted by atomic mass is 10.1. The second-order valence-electron chi connectivity index (χ2n) is 4.96. The van der Waals surface area contributed by atoms with Gasteiger partial charge in [0.1, 0.15) is 11.3 Å². The van der Waals surface area contributed by atoms with Crippen LogP contribution < -0.4 is 5.73 Å². The van der Waals surface area contributed by atoms with E-state index in [9.17, 15) is 0 Å². The van der Waals surface area contributed by atoms with E-state index in [0.29, 0.717) is 6.54 Å². The van der Waals surface area contributed by atoms with Gasteiger partial charge < -0.3 is 10.2 Å². The average Bonchev–Trinajstić information content (AvgIpc) is 2.75. The summed E-state index contributed by atoms with van der Waals surface area (Å²) >= 11 is 0. The van der Waals surface area contributed by atoms with Gasteiger partial charge in [0.15, 0.2) is 0 Å². The zero-order chi connectivity index (χ0) is 13.8. The molecular weight excluding hydrogens is 236 g/mol. The lowest BCUT2D eigenvalue weighted by molar-refractivity contribution is 0.302. The van der Waals surface area contributed by atoms with E-state index in [4.69, 9.17) is 10.2 Å². The molecule has 1 aromatic carbocycles. The van der Waals surface area contributed by atoms with E-state index in [1.807, 2.05) is 18.2 Å². The molecule has 102 valence electrons. The first-order valence-electron chi connectivity index (χ1n) is 6.71. The molecule has 0 aliphatic carbocycles. The van der Waals surface area contributed by atoms with Crippen molar-refractivity contribution < 1.29 is 4.42 Å². The third-order valence-corrected chi connectivity index (χ3v) is 3.29. The first-order chi connectivity index (χ1) is 9.15. The van der Waals surface area contributed by atoms with Crippen LogP contribution in [0.15, 0.2) is 40.8 Å². The lowest BCUT2D eigenvalue weighted by Gasteiger charge is -2.20. The number of furan rings is 1. The van der Waals surface area contributed by atoms with Gasteiger partial charge in [0, 0.05) is 24.0 Å². The quantitative estimate of drug-likeness (QED) is 0.808. The van der Waals surface area contributed by atoms with E-state index in [1.165, 1.54) is 16.5 Å².